The lowest BCUT2D eigenvalue weighted by Gasteiger charge is -2.28. The van der Waals surface area contributed by atoms with Crippen LogP contribution in [-0.2, 0) is 0 Å². The van der Waals surface area contributed by atoms with Crippen LogP contribution in [0.2, 0.25) is 0 Å². The van der Waals surface area contributed by atoms with Crippen molar-refractivity contribution < 1.29 is 18.7 Å². The number of amides is 1. The SMILES string of the molecule is CC(C)c1ccc(C(=O)NCC2CCCC(F)(F)C2)c(O)c1. The van der Waals surface area contributed by atoms with E-state index < -0.39 is 11.8 Å². The molecule has 1 saturated carbocycles. The molecule has 1 unspecified atom stereocenters. The normalized spacial score (nSPS) is 20.9. The van der Waals surface area contributed by atoms with Crippen molar-refractivity contribution in [3.05, 3.63) is 29.3 Å². The van der Waals surface area contributed by atoms with E-state index in [1.54, 1.807) is 18.2 Å². The Balaban J connectivity index is 1.95. The van der Waals surface area contributed by atoms with Gasteiger partial charge in [0.1, 0.15) is 5.75 Å². The number of benzene rings is 1. The van der Waals surface area contributed by atoms with Crippen molar-refractivity contribution in [3.63, 3.8) is 0 Å². The van der Waals surface area contributed by atoms with Gasteiger partial charge in [-0.15, -0.1) is 0 Å². The lowest BCUT2D eigenvalue weighted by atomic mass is 9.86. The molecular formula is C17H23F2NO2. The molecule has 1 aromatic rings. The third-order valence-corrected chi connectivity index (χ3v) is 4.23. The molecule has 2 N–H and O–H groups in total. The summed E-state index contributed by atoms with van der Waals surface area (Å²) in [5.41, 5.74) is 1.13. The lowest BCUT2D eigenvalue weighted by Crippen LogP contribution is -2.35. The molecule has 0 spiro atoms. The smallest absolute Gasteiger partial charge is 0.255 e. The molecule has 0 heterocycles. The summed E-state index contributed by atoms with van der Waals surface area (Å²) in [5.74, 6) is -3.05. The maximum absolute atomic E-state index is 13.3. The van der Waals surface area contributed by atoms with Crippen LogP contribution >= 0.6 is 0 Å². The summed E-state index contributed by atoms with van der Waals surface area (Å²) in [6.07, 6.45) is 0.955. The Morgan fingerprint density at radius 1 is 1.45 bits per heavy atom. The van der Waals surface area contributed by atoms with Gasteiger partial charge >= 0.3 is 0 Å². The van der Waals surface area contributed by atoms with E-state index in [9.17, 15) is 18.7 Å². The molecular weight excluding hydrogens is 288 g/mol. The topological polar surface area (TPSA) is 49.3 Å². The third-order valence-electron chi connectivity index (χ3n) is 4.23. The number of hydrogen-bond acceptors (Lipinski definition) is 2. The van der Waals surface area contributed by atoms with Crippen LogP contribution in [0.25, 0.3) is 0 Å². The number of rotatable bonds is 4. The van der Waals surface area contributed by atoms with Crippen molar-refractivity contribution in [2.45, 2.75) is 51.4 Å². The van der Waals surface area contributed by atoms with E-state index in [4.69, 9.17) is 0 Å². The van der Waals surface area contributed by atoms with Gasteiger partial charge in [-0.2, -0.15) is 0 Å². The van der Waals surface area contributed by atoms with Gasteiger partial charge < -0.3 is 10.4 Å². The monoisotopic (exact) mass is 311 g/mol. The van der Waals surface area contributed by atoms with Crippen molar-refractivity contribution in [3.8, 4) is 5.75 Å². The van der Waals surface area contributed by atoms with Crippen LogP contribution in [0.4, 0.5) is 8.78 Å². The zero-order valence-electron chi connectivity index (χ0n) is 13.0. The molecule has 1 amide bonds. The number of carbonyl (C=O) groups excluding carboxylic acids is 1. The second-order valence-corrected chi connectivity index (χ2v) is 6.46. The van der Waals surface area contributed by atoms with Gasteiger partial charge in [-0.1, -0.05) is 19.9 Å². The number of phenolic OH excluding ortho intramolecular Hbond substituents is 1. The van der Waals surface area contributed by atoms with Crippen LogP contribution in [0.3, 0.4) is 0 Å². The Morgan fingerprint density at radius 3 is 2.77 bits per heavy atom. The number of phenols is 1. The molecule has 0 bridgehead atoms. The molecule has 0 aliphatic heterocycles. The van der Waals surface area contributed by atoms with Gasteiger partial charge in [-0.05, 0) is 42.4 Å². The van der Waals surface area contributed by atoms with Crippen molar-refractivity contribution in [1.82, 2.24) is 5.32 Å². The fourth-order valence-electron chi connectivity index (χ4n) is 2.88. The van der Waals surface area contributed by atoms with E-state index in [0.29, 0.717) is 12.8 Å². The lowest BCUT2D eigenvalue weighted by molar-refractivity contribution is -0.0518. The number of carbonyl (C=O) groups is 1. The Kier molecular flexibility index (Phi) is 5.04. The number of halogens is 2. The van der Waals surface area contributed by atoms with Gasteiger partial charge in [0, 0.05) is 19.4 Å². The first-order valence-corrected chi connectivity index (χ1v) is 7.77. The summed E-state index contributed by atoms with van der Waals surface area (Å²) >= 11 is 0. The second kappa shape index (κ2) is 6.63. The molecule has 3 nitrogen and oxygen atoms in total. The van der Waals surface area contributed by atoms with Crippen LogP contribution in [-0.4, -0.2) is 23.5 Å². The minimum Gasteiger partial charge on any atom is -0.507 e. The molecule has 2 rings (SSSR count). The van der Waals surface area contributed by atoms with E-state index in [-0.39, 0.29) is 42.5 Å². The van der Waals surface area contributed by atoms with Crippen molar-refractivity contribution >= 4 is 5.91 Å². The minimum absolute atomic E-state index is 0.0606. The van der Waals surface area contributed by atoms with E-state index in [1.807, 2.05) is 13.8 Å². The maximum atomic E-state index is 13.3. The molecule has 1 fully saturated rings. The molecule has 1 aliphatic carbocycles. The van der Waals surface area contributed by atoms with Crippen LogP contribution < -0.4 is 5.32 Å². The van der Waals surface area contributed by atoms with Gasteiger partial charge in [0.05, 0.1) is 5.56 Å². The number of nitrogens with one attached hydrogen (secondary N) is 1. The Labute approximate surface area is 129 Å². The predicted octanol–water partition coefficient (Wildman–Crippen LogP) is 4.07. The molecule has 5 heteroatoms. The molecule has 0 aromatic heterocycles. The fraction of sp³-hybridized carbons (Fsp3) is 0.588. The average molecular weight is 311 g/mol. The third kappa shape index (κ3) is 4.18. The Hall–Kier alpha value is -1.65. The minimum atomic E-state index is -2.62. The van der Waals surface area contributed by atoms with Crippen molar-refractivity contribution in [2.24, 2.45) is 5.92 Å². The molecule has 0 radical (unpaired) electrons. The highest BCUT2D eigenvalue weighted by molar-refractivity contribution is 5.96. The standard InChI is InChI=1S/C17H23F2NO2/c1-11(2)13-5-6-14(15(21)8-13)16(22)20-10-12-4-3-7-17(18,19)9-12/h5-6,8,11-12,21H,3-4,7,9-10H2,1-2H3,(H,20,22). The van der Waals surface area contributed by atoms with Gasteiger partial charge in [-0.3, -0.25) is 4.79 Å². The van der Waals surface area contributed by atoms with Gasteiger partial charge in [-0.25, -0.2) is 8.78 Å². The number of hydrogen-bond donors (Lipinski definition) is 2. The van der Waals surface area contributed by atoms with Crippen LogP contribution in [0.5, 0.6) is 5.75 Å². The summed E-state index contributed by atoms with van der Waals surface area (Å²) in [4.78, 5) is 12.1. The first-order valence-electron chi connectivity index (χ1n) is 7.77. The zero-order valence-corrected chi connectivity index (χ0v) is 13.0. The first-order chi connectivity index (χ1) is 10.3. The number of alkyl halides is 2. The molecule has 0 saturated heterocycles. The van der Waals surface area contributed by atoms with Crippen LogP contribution in [0.1, 0.15) is 61.4 Å². The molecule has 22 heavy (non-hydrogen) atoms. The highest BCUT2D eigenvalue weighted by Crippen LogP contribution is 2.36. The van der Waals surface area contributed by atoms with Crippen LogP contribution in [0.15, 0.2) is 18.2 Å². The highest BCUT2D eigenvalue weighted by atomic mass is 19.3. The summed E-state index contributed by atoms with van der Waals surface area (Å²) in [5, 5.41) is 12.6. The first kappa shape index (κ1) is 16.7. The zero-order chi connectivity index (χ0) is 16.3. The summed E-state index contributed by atoms with van der Waals surface area (Å²) in [6, 6.07) is 4.96. The van der Waals surface area contributed by atoms with Crippen molar-refractivity contribution in [1.29, 1.82) is 0 Å². The van der Waals surface area contributed by atoms with Gasteiger partial charge in [0.25, 0.3) is 5.91 Å². The summed E-state index contributed by atoms with van der Waals surface area (Å²) in [7, 11) is 0. The van der Waals surface area contributed by atoms with Crippen molar-refractivity contribution in [2.75, 3.05) is 6.54 Å². The second-order valence-electron chi connectivity index (χ2n) is 6.46. The average Bonchev–Trinajstić information content (AvgIpc) is 2.43. The predicted molar refractivity (Wildman–Crippen MR) is 81.4 cm³/mol. The largest absolute Gasteiger partial charge is 0.507 e. The molecule has 1 aliphatic rings. The van der Waals surface area contributed by atoms with Gasteiger partial charge in [0.2, 0.25) is 5.92 Å². The van der Waals surface area contributed by atoms with E-state index in [2.05, 4.69) is 5.32 Å². The van der Waals surface area contributed by atoms with E-state index in [1.165, 1.54) is 0 Å². The highest BCUT2D eigenvalue weighted by Gasteiger charge is 2.36. The number of aromatic hydroxyl groups is 1. The molecule has 1 aromatic carbocycles. The molecule has 122 valence electrons. The Bertz CT molecular complexity index is 543. The fourth-order valence-corrected chi connectivity index (χ4v) is 2.88. The van der Waals surface area contributed by atoms with E-state index in [0.717, 1.165) is 5.56 Å². The summed E-state index contributed by atoms with van der Waals surface area (Å²) in [6.45, 7) is 4.22. The van der Waals surface area contributed by atoms with Crippen LogP contribution in [0, 0.1) is 5.92 Å². The quantitative estimate of drug-likeness (QED) is 0.880. The summed E-state index contributed by atoms with van der Waals surface area (Å²) < 4.78 is 26.7. The Morgan fingerprint density at radius 2 is 2.18 bits per heavy atom. The maximum Gasteiger partial charge on any atom is 0.255 e. The van der Waals surface area contributed by atoms with Gasteiger partial charge in [0.15, 0.2) is 0 Å². The van der Waals surface area contributed by atoms with E-state index >= 15 is 0 Å². The molecule has 1 atom stereocenters.